The molecule has 2 aromatic rings. The highest BCUT2D eigenvalue weighted by molar-refractivity contribution is 9.10. The molecule has 0 spiro atoms. The van der Waals surface area contributed by atoms with Gasteiger partial charge in [0.2, 0.25) is 5.82 Å². The first-order valence-electron chi connectivity index (χ1n) is 3.66. The predicted octanol–water partition coefficient (Wildman–Crippen LogP) is 2.45. The summed E-state index contributed by atoms with van der Waals surface area (Å²) < 4.78 is 1.93. The third kappa shape index (κ3) is 1.38. The number of carboxylic acid groups (broad SMARTS) is 1. The zero-order valence-electron chi connectivity index (χ0n) is 6.74. The van der Waals surface area contributed by atoms with E-state index in [2.05, 4.69) is 20.9 Å². The van der Waals surface area contributed by atoms with Crippen LogP contribution in [0.15, 0.2) is 22.9 Å². The van der Waals surface area contributed by atoms with Crippen LogP contribution < -0.4 is 0 Å². The SMILES string of the molecule is O=C(O)c1nc(Br)c2cc(Cl)ccn12. The Morgan fingerprint density at radius 3 is 3.00 bits per heavy atom. The van der Waals surface area contributed by atoms with E-state index in [-0.39, 0.29) is 5.82 Å². The average molecular weight is 275 g/mol. The predicted molar refractivity (Wildman–Crippen MR) is 54.9 cm³/mol. The van der Waals surface area contributed by atoms with Crippen LogP contribution in [-0.2, 0) is 0 Å². The second kappa shape index (κ2) is 3.25. The average Bonchev–Trinajstić information content (AvgIpc) is 2.44. The van der Waals surface area contributed by atoms with Crippen LogP contribution in [0.3, 0.4) is 0 Å². The van der Waals surface area contributed by atoms with Crippen molar-refractivity contribution in [1.82, 2.24) is 9.38 Å². The molecular weight excluding hydrogens is 271 g/mol. The Labute approximate surface area is 92.3 Å². The molecule has 0 fully saturated rings. The molecule has 0 aliphatic carbocycles. The number of carbonyl (C=O) groups is 1. The van der Waals surface area contributed by atoms with E-state index in [1.807, 2.05) is 0 Å². The number of rotatable bonds is 1. The van der Waals surface area contributed by atoms with Crippen LogP contribution in [0.2, 0.25) is 5.02 Å². The minimum atomic E-state index is -1.08. The molecule has 4 nitrogen and oxygen atoms in total. The van der Waals surface area contributed by atoms with Crippen molar-refractivity contribution in [2.45, 2.75) is 0 Å². The molecule has 2 heterocycles. The van der Waals surface area contributed by atoms with Crippen molar-refractivity contribution in [1.29, 1.82) is 0 Å². The number of pyridine rings is 1. The quantitative estimate of drug-likeness (QED) is 0.870. The molecule has 1 N–H and O–H groups in total. The van der Waals surface area contributed by atoms with Gasteiger partial charge in [-0.3, -0.25) is 4.40 Å². The standard InChI is InChI=1S/C8H4BrClN2O2/c9-6-5-3-4(10)1-2-12(5)7(11-6)8(13)14/h1-3H,(H,13,14). The number of aromatic carboxylic acids is 1. The Morgan fingerprint density at radius 2 is 2.36 bits per heavy atom. The van der Waals surface area contributed by atoms with E-state index in [0.717, 1.165) is 0 Å². The fourth-order valence-electron chi connectivity index (χ4n) is 1.17. The molecule has 0 amide bonds. The Bertz CT molecular complexity index is 523. The summed E-state index contributed by atoms with van der Waals surface area (Å²) in [5.41, 5.74) is 0.634. The molecule has 2 aromatic heterocycles. The molecular formula is C8H4BrClN2O2. The fraction of sp³-hybridized carbons (Fsp3) is 0. The van der Waals surface area contributed by atoms with Gasteiger partial charge in [0.1, 0.15) is 4.60 Å². The van der Waals surface area contributed by atoms with Gasteiger partial charge >= 0.3 is 5.97 Å². The van der Waals surface area contributed by atoms with Gasteiger partial charge in [0.15, 0.2) is 0 Å². The van der Waals surface area contributed by atoms with Crippen LogP contribution in [0.1, 0.15) is 10.6 Å². The lowest BCUT2D eigenvalue weighted by molar-refractivity contribution is 0.0682. The van der Waals surface area contributed by atoms with Gasteiger partial charge in [-0.1, -0.05) is 11.6 Å². The molecule has 0 saturated heterocycles. The van der Waals surface area contributed by atoms with Crippen molar-refractivity contribution >= 4 is 39.0 Å². The molecule has 0 saturated carbocycles. The van der Waals surface area contributed by atoms with Crippen molar-refractivity contribution in [3.8, 4) is 0 Å². The second-order valence-electron chi connectivity index (χ2n) is 2.63. The van der Waals surface area contributed by atoms with Crippen LogP contribution in [0.4, 0.5) is 0 Å². The maximum absolute atomic E-state index is 10.8. The zero-order valence-corrected chi connectivity index (χ0v) is 9.08. The molecule has 0 unspecified atom stereocenters. The van der Waals surface area contributed by atoms with Gasteiger partial charge in [-0.25, -0.2) is 9.78 Å². The summed E-state index contributed by atoms with van der Waals surface area (Å²) in [4.78, 5) is 14.6. The van der Waals surface area contributed by atoms with Crippen LogP contribution in [0.25, 0.3) is 5.52 Å². The van der Waals surface area contributed by atoms with Gasteiger partial charge in [0, 0.05) is 11.2 Å². The first-order chi connectivity index (χ1) is 6.59. The summed E-state index contributed by atoms with van der Waals surface area (Å²) >= 11 is 8.94. The lowest BCUT2D eigenvalue weighted by Gasteiger charge is -1.96. The van der Waals surface area contributed by atoms with Crippen molar-refractivity contribution in [2.75, 3.05) is 0 Å². The smallest absolute Gasteiger partial charge is 0.372 e. The molecule has 2 rings (SSSR count). The normalized spacial score (nSPS) is 10.7. The van der Waals surface area contributed by atoms with Gasteiger partial charge in [-0.2, -0.15) is 0 Å². The molecule has 72 valence electrons. The number of aromatic nitrogens is 2. The van der Waals surface area contributed by atoms with E-state index in [9.17, 15) is 4.79 Å². The van der Waals surface area contributed by atoms with E-state index in [1.165, 1.54) is 4.40 Å². The summed E-state index contributed by atoms with van der Waals surface area (Å²) in [5.74, 6) is -1.11. The highest BCUT2D eigenvalue weighted by Gasteiger charge is 2.14. The molecule has 6 heteroatoms. The first kappa shape index (κ1) is 9.48. The van der Waals surface area contributed by atoms with Crippen molar-refractivity contribution in [2.24, 2.45) is 0 Å². The summed E-state index contributed by atoms with van der Waals surface area (Å²) in [7, 11) is 0. The zero-order chi connectivity index (χ0) is 10.3. The molecule has 0 aromatic carbocycles. The van der Waals surface area contributed by atoms with E-state index < -0.39 is 5.97 Å². The number of fused-ring (bicyclic) bond motifs is 1. The largest absolute Gasteiger partial charge is 0.475 e. The lowest BCUT2D eigenvalue weighted by atomic mass is 10.4. The molecule has 0 aliphatic heterocycles. The number of halogens is 2. The number of nitrogens with zero attached hydrogens (tertiary/aromatic N) is 2. The molecule has 0 bridgehead atoms. The third-order valence-electron chi connectivity index (χ3n) is 1.75. The van der Waals surface area contributed by atoms with Crippen molar-refractivity contribution < 1.29 is 9.90 Å². The molecule has 0 aliphatic rings. The highest BCUT2D eigenvalue weighted by Crippen LogP contribution is 2.22. The van der Waals surface area contributed by atoms with E-state index >= 15 is 0 Å². The first-order valence-corrected chi connectivity index (χ1v) is 4.83. The van der Waals surface area contributed by atoms with Gasteiger partial charge in [-0.15, -0.1) is 0 Å². The minimum Gasteiger partial charge on any atom is -0.475 e. The maximum Gasteiger partial charge on any atom is 0.372 e. The molecule has 0 radical (unpaired) electrons. The molecule has 0 atom stereocenters. The number of hydrogen-bond acceptors (Lipinski definition) is 2. The fourth-order valence-corrected chi connectivity index (χ4v) is 1.81. The van der Waals surface area contributed by atoms with Crippen LogP contribution in [0.5, 0.6) is 0 Å². The van der Waals surface area contributed by atoms with Gasteiger partial charge in [0.25, 0.3) is 0 Å². The van der Waals surface area contributed by atoms with Crippen molar-refractivity contribution in [3.63, 3.8) is 0 Å². The Morgan fingerprint density at radius 1 is 1.64 bits per heavy atom. The number of imidazole rings is 1. The Balaban J connectivity index is 2.84. The van der Waals surface area contributed by atoms with E-state index in [0.29, 0.717) is 15.1 Å². The van der Waals surface area contributed by atoms with Gasteiger partial charge < -0.3 is 5.11 Å². The minimum absolute atomic E-state index is 0.0384. The molecule has 14 heavy (non-hydrogen) atoms. The second-order valence-corrected chi connectivity index (χ2v) is 3.82. The van der Waals surface area contributed by atoms with E-state index in [1.54, 1.807) is 18.3 Å². The van der Waals surface area contributed by atoms with Gasteiger partial charge in [-0.05, 0) is 28.1 Å². The summed E-state index contributed by atoms with van der Waals surface area (Å²) in [6.07, 6.45) is 1.57. The van der Waals surface area contributed by atoms with Crippen molar-refractivity contribution in [3.05, 3.63) is 33.8 Å². The van der Waals surface area contributed by atoms with Crippen LogP contribution >= 0.6 is 27.5 Å². The lowest BCUT2D eigenvalue weighted by Crippen LogP contribution is -2.02. The van der Waals surface area contributed by atoms with Crippen LogP contribution in [-0.4, -0.2) is 20.5 Å². The third-order valence-corrected chi connectivity index (χ3v) is 2.57. The summed E-state index contributed by atoms with van der Waals surface area (Å²) in [5, 5.41) is 9.37. The van der Waals surface area contributed by atoms with Gasteiger partial charge in [0.05, 0.1) is 5.52 Å². The highest BCUT2D eigenvalue weighted by atomic mass is 79.9. The number of carboxylic acids is 1. The number of hydrogen-bond donors (Lipinski definition) is 1. The Kier molecular flexibility index (Phi) is 2.20. The van der Waals surface area contributed by atoms with Crippen LogP contribution in [0, 0.1) is 0 Å². The summed E-state index contributed by atoms with van der Waals surface area (Å²) in [6.45, 7) is 0. The summed E-state index contributed by atoms with van der Waals surface area (Å²) in [6, 6.07) is 3.25. The maximum atomic E-state index is 10.8. The monoisotopic (exact) mass is 274 g/mol. The Hall–Kier alpha value is -1.07. The topological polar surface area (TPSA) is 54.6 Å². The van der Waals surface area contributed by atoms with E-state index in [4.69, 9.17) is 16.7 Å².